The number of nitrogens with two attached hydrogens (primary N) is 1. The van der Waals surface area contributed by atoms with Crippen LogP contribution in [0.1, 0.15) is 42.6 Å². The molecule has 0 unspecified atom stereocenters. The normalized spacial score (nSPS) is 21.8. The SMILES string of the molecule is CCOc1ccc(Cc2cc([C@H]3C[C@@H](O)C[C@@H](CN=CC(CO)=NN)O3)ccc2Cl)cc1. The summed E-state index contributed by atoms with van der Waals surface area (Å²) in [6.07, 6.45) is 2.13. The van der Waals surface area contributed by atoms with Crippen molar-refractivity contribution < 1.29 is 19.7 Å². The Bertz CT molecular complexity index is 933. The predicted octanol–water partition coefficient (Wildman–Crippen LogP) is 3.29. The van der Waals surface area contributed by atoms with Crippen molar-refractivity contribution in [2.75, 3.05) is 19.8 Å². The van der Waals surface area contributed by atoms with E-state index in [1.54, 1.807) is 0 Å². The molecular formula is C24H30ClN3O4. The van der Waals surface area contributed by atoms with E-state index in [1.807, 2.05) is 49.4 Å². The number of ether oxygens (including phenoxy) is 2. The third kappa shape index (κ3) is 6.77. The molecule has 0 aromatic heterocycles. The number of aliphatic imine (C=N–C) groups is 1. The highest BCUT2D eigenvalue weighted by atomic mass is 35.5. The molecule has 3 rings (SSSR count). The van der Waals surface area contributed by atoms with E-state index in [9.17, 15) is 5.11 Å². The van der Waals surface area contributed by atoms with Crippen LogP contribution in [0.5, 0.6) is 5.75 Å². The maximum absolute atomic E-state index is 10.4. The van der Waals surface area contributed by atoms with Gasteiger partial charge in [0.25, 0.3) is 0 Å². The first-order chi connectivity index (χ1) is 15.5. The maximum atomic E-state index is 10.4. The van der Waals surface area contributed by atoms with E-state index in [-0.39, 0.29) is 24.5 Å². The van der Waals surface area contributed by atoms with Crippen molar-refractivity contribution in [3.05, 3.63) is 64.2 Å². The fourth-order valence-corrected chi connectivity index (χ4v) is 3.92. The number of rotatable bonds is 9. The molecule has 1 aliphatic rings. The highest BCUT2D eigenvalue weighted by molar-refractivity contribution is 6.31. The van der Waals surface area contributed by atoms with Crippen LogP contribution in [0, 0.1) is 0 Å². The summed E-state index contributed by atoms with van der Waals surface area (Å²) in [5, 5.41) is 23.6. The van der Waals surface area contributed by atoms with E-state index in [0.717, 1.165) is 22.4 Å². The number of hydrazone groups is 1. The average molecular weight is 460 g/mol. The molecular weight excluding hydrogens is 430 g/mol. The molecule has 32 heavy (non-hydrogen) atoms. The van der Waals surface area contributed by atoms with Crippen LogP contribution >= 0.6 is 11.6 Å². The Hall–Kier alpha value is -2.45. The molecule has 0 radical (unpaired) electrons. The van der Waals surface area contributed by atoms with Crippen molar-refractivity contribution in [1.82, 2.24) is 0 Å². The van der Waals surface area contributed by atoms with Gasteiger partial charge >= 0.3 is 0 Å². The summed E-state index contributed by atoms with van der Waals surface area (Å²) in [6.45, 7) is 2.66. The van der Waals surface area contributed by atoms with Gasteiger partial charge in [0.15, 0.2) is 0 Å². The second-order valence-corrected chi connectivity index (χ2v) is 8.16. The molecule has 2 aromatic rings. The quantitative estimate of drug-likeness (QED) is 0.303. The van der Waals surface area contributed by atoms with Crippen LogP contribution in [0.15, 0.2) is 52.6 Å². The summed E-state index contributed by atoms with van der Waals surface area (Å²) in [4.78, 5) is 4.24. The van der Waals surface area contributed by atoms with E-state index in [2.05, 4.69) is 10.1 Å². The van der Waals surface area contributed by atoms with Crippen molar-refractivity contribution in [2.24, 2.45) is 15.9 Å². The summed E-state index contributed by atoms with van der Waals surface area (Å²) >= 11 is 6.47. The van der Waals surface area contributed by atoms with E-state index in [4.69, 9.17) is 32.0 Å². The van der Waals surface area contributed by atoms with Gasteiger partial charge in [-0.1, -0.05) is 35.9 Å². The fourth-order valence-electron chi connectivity index (χ4n) is 3.73. The van der Waals surface area contributed by atoms with Gasteiger partial charge in [-0.2, -0.15) is 5.10 Å². The number of nitrogens with zero attached hydrogens (tertiary/aromatic N) is 2. The molecule has 0 saturated carbocycles. The zero-order valence-corrected chi connectivity index (χ0v) is 18.9. The lowest BCUT2D eigenvalue weighted by molar-refractivity contribution is -0.0929. The minimum atomic E-state index is -0.486. The Labute approximate surface area is 193 Å². The van der Waals surface area contributed by atoms with Crippen molar-refractivity contribution >= 4 is 23.5 Å². The smallest absolute Gasteiger partial charge is 0.119 e. The highest BCUT2D eigenvalue weighted by Crippen LogP contribution is 2.34. The molecule has 172 valence electrons. The number of benzene rings is 2. The topological polar surface area (TPSA) is 110 Å². The number of hydrogen-bond acceptors (Lipinski definition) is 7. The lowest BCUT2D eigenvalue weighted by atomic mass is 9.94. The minimum Gasteiger partial charge on any atom is -0.494 e. The van der Waals surface area contributed by atoms with E-state index in [1.165, 1.54) is 6.21 Å². The van der Waals surface area contributed by atoms with Gasteiger partial charge < -0.3 is 25.5 Å². The van der Waals surface area contributed by atoms with Gasteiger partial charge in [0.2, 0.25) is 0 Å². The Morgan fingerprint density at radius 2 is 2.03 bits per heavy atom. The van der Waals surface area contributed by atoms with Crippen molar-refractivity contribution in [3.63, 3.8) is 0 Å². The molecule has 7 nitrogen and oxygen atoms in total. The monoisotopic (exact) mass is 459 g/mol. The molecule has 1 aliphatic heterocycles. The van der Waals surface area contributed by atoms with Crippen LogP contribution in [0.2, 0.25) is 5.02 Å². The standard InChI is InChI=1S/C24H30ClN3O4/c1-2-31-21-6-3-16(4-7-21)9-18-10-17(5-8-23(18)25)24-12-20(30)11-22(32-24)14-27-13-19(15-29)28-26/h3-8,10,13,20,22,24,29-30H,2,9,11-12,14-15,26H2,1H3/t20-,22-,24+/m0/s1. The third-order valence-electron chi connectivity index (χ3n) is 5.33. The lowest BCUT2D eigenvalue weighted by Gasteiger charge is -2.33. The maximum Gasteiger partial charge on any atom is 0.119 e. The number of aliphatic hydroxyl groups excluding tert-OH is 2. The highest BCUT2D eigenvalue weighted by Gasteiger charge is 2.29. The third-order valence-corrected chi connectivity index (χ3v) is 5.69. The van der Waals surface area contributed by atoms with Crippen LogP contribution in [-0.2, 0) is 11.2 Å². The van der Waals surface area contributed by atoms with Crippen LogP contribution in [0.25, 0.3) is 0 Å². The van der Waals surface area contributed by atoms with Gasteiger partial charge in [-0.05, 0) is 48.2 Å². The Balaban J connectivity index is 1.70. The second-order valence-electron chi connectivity index (χ2n) is 7.75. The predicted molar refractivity (Wildman–Crippen MR) is 127 cm³/mol. The molecule has 3 atom stereocenters. The molecule has 4 N–H and O–H groups in total. The second kappa shape index (κ2) is 12.0. The Kier molecular flexibility index (Phi) is 9.05. The molecule has 2 aromatic carbocycles. The molecule has 0 bridgehead atoms. The van der Waals surface area contributed by atoms with Crippen molar-refractivity contribution in [2.45, 2.75) is 44.5 Å². The van der Waals surface area contributed by atoms with Gasteiger partial charge in [0, 0.05) is 24.1 Å². The van der Waals surface area contributed by atoms with Crippen LogP contribution < -0.4 is 10.6 Å². The van der Waals surface area contributed by atoms with Crippen LogP contribution in [0.3, 0.4) is 0 Å². The first-order valence-electron chi connectivity index (χ1n) is 10.7. The molecule has 8 heteroatoms. The number of aliphatic hydroxyl groups is 2. The Morgan fingerprint density at radius 3 is 2.72 bits per heavy atom. The molecule has 0 spiro atoms. The first kappa shape index (κ1) is 24.2. The average Bonchev–Trinajstić information content (AvgIpc) is 2.79. The first-order valence-corrected chi connectivity index (χ1v) is 11.1. The summed E-state index contributed by atoms with van der Waals surface area (Å²) in [7, 11) is 0. The van der Waals surface area contributed by atoms with Gasteiger partial charge in [0.1, 0.15) is 11.5 Å². The summed E-state index contributed by atoms with van der Waals surface area (Å²) in [5.74, 6) is 6.02. The summed E-state index contributed by atoms with van der Waals surface area (Å²) in [5.41, 5.74) is 3.39. The van der Waals surface area contributed by atoms with Gasteiger partial charge in [0.05, 0.1) is 38.1 Å². The summed E-state index contributed by atoms with van der Waals surface area (Å²) in [6, 6.07) is 13.9. The van der Waals surface area contributed by atoms with E-state index < -0.39 is 6.10 Å². The van der Waals surface area contributed by atoms with Gasteiger partial charge in [-0.3, -0.25) is 4.99 Å². The zero-order chi connectivity index (χ0) is 22.9. The summed E-state index contributed by atoms with van der Waals surface area (Å²) < 4.78 is 11.7. The minimum absolute atomic E-state index is 0.247. The molecule has 0 aliphatic carbocycles. The Morgan fingerprint density at radius 1 is 1.25 bits per heavy atom. The largest absolute Gasteiger partial charge is 0.494 e. The van der Waals surface area contributed by atoms with Gasteiger partial charge in [-0.25, -0.2) is 0 Å². The number of hydrogen-bond donors (Lipinski definition) is 3. The van der Waals surface area contributed by atoms with Crippen molar-refractivity contribution in [1.29, 1.82) is 0 Å². The van der Waals surface area contributed by atoms with Crippen LogP contribution in [-0.4, -0.2) is 54.1 Å². The van der Waals surface area contributed by atoms with Crippen LogP contribution in [0.4, 0.5) is 0 Å². The van der Waals surface area contributed by atoms with E-state index in [0.29, 0.717) is 37.4 Å². The molecule has 1 saturated heterocycles. The molecule has 1 heterocycles. The van der Waals surface area contributed by atoms with Gasteiger partial charge in [-0.15, -0.1) is 0 Å². The lowest BCUT2D eigenvalue weighted by Crippen LogP contribution is -2.33. The zero-order valence-electron chi connectivity index (χ0n) is 18.2. The molecule has 0 amide bonds. The van der Waals surface area contributed by atoms with E-state index >= 15 is 0 Å². The van der Waals surface area contributed by atoms with Crippen molar-refractivity contribution in [3.8, 4) is 5.75 Å². The fraction of sp³-hybridized carbons (Fsp3) is 0.417. The number of halogens is 1. The molecule has 1 fully saturated rings.